The number of methoxy groups -OCH3 is 1. The number of nitrogens with two attached hydrogens (primary N) is 1. The molecule has 2 unspecified atom stereocenters. The van der Waals surface area contributed by atoms with Crippen LogP contribution in [0.25, 0.3) is 0 Å². The highest BCUT2D eigenvalue weighted by atomic mass is 16.5. The van der Waals surface area contributed by atoms with Crippen molar-refractivity contribution in [3.63, 3.8) is 0 Å². The molecule has 2 atom stereocenters. The van der Waals surface area contributed by atoms with E-state index in [4.69, 9.17) is 10.5 Å². The van der Waals surface area contributed by atoms with Crippen molar-refractivity contribution in [2.45, 2.75) is 37.6 Å². The summed E-state index contributed by atoms with van der Waals surface area (Å²) in [4.78, 5) is 4.49. The van der Waals surface area contributed by atoms with E-state index in [1.807, 2.05) is 12.3 Å². The van der Waals surface area contributed by atoms with Gasteiger partial charge in [-0.15, -0.1) is 0 Å². The molecule has 0 spiro atoms. The summed E-state index contributed by atoms with van der Waals surface area (Å²) in [5.74, 6) is 0.374. The molecule has 3 nitrogen and oxygen atoms in total. The number of ether oxygens (including phenoxy) is 1. The minimum atomic E-state index is -0.213. The summed E-state index contributed by atoms with van der Waals surface area (Å²) in [7, 11) is 1.72. The maximum Gasteiger partial charge on any atom is 0.0484 e. The highest BCUT2D eigenvalue weighted by Gasteiger charge is 2.36. The number of hydrogen-bond donors (Lipinski definition) is 1. The predicted octanol–water partition coefficient (Wildman–Crippen LogP) is 1.87. The molecule has 0 bridgehead atoms. The van der Waals surface area contributed by atoms with Gasteiger partial charge in [0.15, 0.2) is 0 Å². The van der Waals surface area contributed by atoms with Gasteiger partial charge in [-0.1, -0.05) is 6.07 Å². The number of hydrogen-bond acceptors (Lipinski definition) is 3. The summed E-state index contributed by atoms with van der Waals surface area (Å²) < 4.78 is 5.12. The largest absolute Gasteiger partial charge is 0.385 e. The SMILES string of the molecule is COCCC(C)(N)C1CCc2cccnc21. The highest BCUT2D eigenvalue weighted by molar-refractivity contribution is 5.31. The van der Waals surface area contributed by atoms with E-state index in [-0.39, 0.29) is 5.54 Å². The molecule has 0 saturated carbocycles. The second kappa shape index (κ2) is 4.52. The first-order valence-electron chi connectivity index (χ1n) is 5.87. The topological polar surface area (TPSA) is 48.1 Å². The number of rotatable bonds is 4. The lowest BCUT2D eigenvalue weighted by Crippen LogP contribution is -2.43. The second-order valence-corrected chi connectivity index (χ2v) is 4.89. The molecule has 0 saturated heterocycles. The quantitative estimate of drug-likeness (QED) is 0.842. The summed E-state index contributed by atoms with van der Waals surface area (Å²) in [5.41, 5.74) is 8.75. The summed E-state index contributed by atoms with van der Waals surface area (Å²) in [5, 5.41) is 0. The summed E-state index contributed by atoms with van der Waals surface area (Å²) in [6.45, 7) is 2.83. The van der Waals surface area contributed by atoms with Gasteiger partial charge in [-0.2, -0.15) is 0 Å². The molecular weight excluding hydrogens is 200 g/mol. The number of aryl methyl sites for hydroxylation is 1. The Morgan fingerprint density at radius 2 is 2.44 bits per heavy atom. The summed E-state index contributed by atoms with van der Waals surface area (Å²) in [6, 6.07) is 4.17. The lowest BCUT2D eigenvalue weighted by Gasteiger charge is -2.31. The second-order valence-electron chi connectivity index (χ2n) is 4.89. The van der Waals surface area contributed by atoms with E-state index in [1.165, 1.54) is 11.3 Å². The third-order valence-electron chi connectivity index (χ3n) is 3.60. The van der Waals surface area contributed by atoms with Crippen molar-refractivity contribution in [1.82, 2.24) is 4.98 Å². The highest BCUT2D eigenvalue weighted by Crippen LogP contribution is 2.39. The summed E-state index contributed by atoms with van der Waals surface area (Å²) in [6.07, 6.45) is 4.96. The number of pyridine rings is 1. The molecule has 2 rings (SSSR count). The van der Waals surface area contributed by atoms with Crippen LogP contribution in [0.5, 0.6) is 0 Å². The average molecular weight is 220 g/mol. The standard InChI is InChI=1S/C13H20N2O/c1-13(14,7-9-16-2)11-6-5-10-4-3-8-15-12(10)11/h3-4,8,11H,5-7,9,14H2,1-2H3. The predicted molar refractivity (Wildman–Crippen MR) is 64.4 cm³/mol. The van der Waals surface area contributed by atoms with Crippen molar-refractivity contribution in [1.29, 1.82) is 0 Å². The van der Waals surface area contributed by atoms with E-state index in [2.05, 4.69) is 18.0 Å². The molecule has 16 heavy (non-hydrogen) atoms. The van der Waals surface area contributed by atoms with Crippen LogP contribution in [0, 0.1) is 0 Å². The molecule has 0 fully saturated rings. The van der Waals surface area contributed by atoms with E-state index in [9.17, 15) is 0 Å². The molecule has 0 radical (unpaired) electrons. The smallest absolute Gasteiger partial charge is 0.0484 e. The monoisotopic (exact) mass is 220 g/mol. The van der Waals surface area contributed by atoms with E-state index in [0.717, 1.165) is 19.3 Å². The summed E-state index contributed by atoms with van der Waals surface area (Å²) >= 11 is 0. The first-order valence-corrected chi connectivity index (χ1v) is 5.87. The fourth-order valence-corrected chi connectivity index (χ4v) is 2.55. The van der Waals surface area contributed by atoms with Crippen LogP contribution in [0.3, 0.4) is 0 Å². The Kier molecular flexibility index (Phi) is 3.26. The maximum absolute atomic E-state index is 6.40. The minimum Gasteiger partial charge on any atom is -0.385 e. The van der Waals surface area contributed by atoms with Crippen LogP contribution >= 0.6 is 0 Å². The maximum atomic E-state index is 6.40. The van der Waals surface area contributed by atoms with Gasteiger partial charge in [-0.3, -0.25) is 4.98 Å². The Morgan fingerprint density at radius 3 is 3.19 bits per heavy atom. The van der Waals surface area contributed by atoms with Crippen molar-refractivity contribution >= 4 is 0 Å². The first-order chi connectivity index (χ1) is 7.65. The number of aromatic nitrogens is 1. The van der Waals surface area contributed by atoms with Crippen LogP contribution < -0.4 is 5.73 Å². The Morgan fingerprint density at radius 1 is 1.62 bits per heavy atom. The van der Waals surface area contributed by atoms with Crippen LogP contribution in [0.1, 0.15) is 36.9 Å². The van der Waals surface area contributed by atoms with E-state index < -0.39 is 0 Å². The minimum absolute atomic E-state index is 0.213. The van der Waals surface area contributed by atoms with Crippen molar-refractivity contribution in [2.75, 3.05) is 13.7 Å². The lowest BCUT2D eigenvalue weighted by molar-refractivity contribution is 0.162. The molecule has 1 aromatic rings. The van der Waals surface area contributed by atoms with Gasteiger partial charge in [-0.25, -0.2) is 0 Å². The van der Waals surface area contributed by atoms with Crippen LogP contribution in [-0.4, -0.2) is 24.2 Å². The fraction of sp³-hybridized carbons (Fsp3) is 0.615. The average Bonchev–Trinajstić information content (AvgIpc) is 2.71. The molecule has 88 valence electrons. The van der Waals surface area contributed by atoms with Crippen molar-refractivity contribution < 1.29 is 4.74 Å². The zero-order valence-electron chi connectivity index (χ0n) is 10.1. The van der Waals surface area contributed by atoms with Crippen molar-refractivity contribution in [2.24, 2.45) is 5.73 Å². The van der Waals surface area contributed by atoms with Crippen molar-refractivity contribution in [3.05, 3.63) is 29.6 Å². The zero-order chi connectivity index (χ0) is 11.6. The first kappa shape index (κ1) is 11.6. The Hall–Kier alpha value is -0.930. The van der Waals surface area contributed by atoms with Crippen LogP contribution in [0.4, 0.5) is 0 Å². The molecule has 1 heterocycles. The van der Waals surface area contributed by atoms with Crippen LogP contribution in [-0.2, 0) is 11.2 Å². The van der Waals surface area contributed by atoms with Gasteiger partial charge >= 0.3 is 0 Å². The van der Waals surface area contributed by atoms with Gasteiger partial charge in [0.25, 0.3) is 0 Å². The zero-order valence-corrected chi connectivity index (χ0v) is 10.1. The van der Waals surface area contributed by atoms with Crippen LogP contribution in [0.2, 0.25) is 0 Å². The molecule has 1 aliphatic rings. The molecule has 0 aliphatic heterocycles. The van der Waals surface area contributed by atoms with Gasteiger partial charge < -0.3 is 10.5 Å². The number of fused-ring (bicyclic) bond motifs is 1. The van der Waals surface area contributed by atoms with E-state index in [0.29, 0.717) is 12.5 Å². The van der Waals surface area contributed by atoms with Gasteiger partial charge in [0.1, 0.15) is 0 Å². The Labute approximate surface area is 97.0 Å². The molecule has 1 aliphatic carbocycles. The van der Waals surface area contributed by atoms with Crippen LogP contribution in [0.15, 0.2) is 18.3 Å². The third kappa shape index (κ3) is 2.11. The van der Waals surface area contributed by atoms with Gasteiger partial charge in [0.2, 0.25) is 0 Å². The number of nitrogens with zero attached hydrogens (tertiary/aromatic N) is 1. The molecule has 2 N–H and O–H groups in total. The van der Waals surface area contributed by atoms with Gasteiger partial charge in [0, 0.05) is 37.1 Å². The van der Waals surface area contributed by atoms with Gasteiger partial charge in [-0.05, 0) is 37.8 Å². The van der Waals surface area contributed by atoms with E-state index >= 15 is 0 Å². The molecule has 3 heteroatoms. The normalized spacial score (nSPS) is 22.8. The molecule has 0 aromatic carbocycles. The third-order valence-corrected chi connectivity index (χ3v) is 3.60. The Balaban J connectivity index is 2.17. The molecular formula is C13H20N2O. The van der Waals surface area contributed by atoms with Gasteiger partial charge in [0.05, 0.1) is 0 Å². The lowest BCUT2D eigenvalue weighted by atomic mass is 9.82. The molecule has 0 amide bonds. The fourth-order valence-electron chi connectivity index (χ4n) is 2.55. The molecule has 1 aromatic heterocycles. The van der Waals surface area contributed by atoms with Crippen molar-refractivity contribution in [3.8, 4) is 0 Å². The Bertz CT molecular complexity index is 363. The van der Waals surface area contributed by atoms with E-state index in [1.54, 1.807) is 7.11 Å².